The summed E-state index contributed by atoms with van der Waals surface area (Å²) in [4.78, 5) is 27.2. The Hall–Kier alpha value is -3.28. The molecule has 2 aromatic carbocycles. The van der Waals surface area contributed by atoms with E-state index >= 15 is 0 Å². The number of carbonyl (C=O) groups is 2. The van der Waals surface area contributed by atoms with Crippen LogP contribution in [0.25, 0.3) is 0 Å². The summed E-state index contributed by atoms with van der Waals surface area (Å²) in [5.74, 6) is 1.43. The molecule has 1 heterocycles. The number of allylic oxidation sites excluding steroid dienone is 1. The molecule has 2 aromatic rings. The predicted molar refractivity (Wildman–Crippen MR) is 126 cm³/mol. The molecule has 0 spiro atoms. The first-order valence-corrected chi connectivity index (χ1v) is 11.3. The van der Waals surface area contributed by atoms with Crippen LogP contribution in [0.5, 0.6) is 11.5 Å². The number of likely N-dealkylation sites (N-methyl/N-ethyl adjacent to an activating group) is 1. The molecule has 1 aliphatic carbocycles. The number of rotatable bonds is 8. The van der Waals surface area contributed by atoms with Crippen molar-refractivity contribution in [1.29, 1.82) is 0 Å². The molecule has 1 saturated heterocycles. The lowest BCUT2D eigenvalue weighted by atomic mass is 9.75. The van der Waals surface area contributed by atoms with Gasteiger partial charge in [0, 0.05) is 25.1 Å². The van der Waals surface area contributed by atoms with Crippen LogP contribution in [0.2, 0.25) is 0 Å². The van der Waals surface area contributed by atoms with Crippen molar-refractivity contribution in [3.8, 4) is 11.5 Å². The molecule has 0 bridgehead atoms. The number of nitrogens with zero attached hydrogens (tertiary/aromatic N) is 1. The second-order valence-electron chi connectivity index (χ2n) is 9.12. The second kappa shape index (κ2) is 9.30. The molecular formula is C27H31NO5. The highest BCUT2D eigenvalue weighted by atomic mass is 16.5. The first kappa shape index (κ1) is 22.9. The van der Waals surface area contributed by atoms with Crippen molar-refractivity contribution < 1.29 is 23.8 Å². The van der Waals surface area contributed by atoms with Crippen LogP contribution in [0, 0.1) is 11.3 Å². The lowest BCUT2D eigenvalue weighted by molar-refractivity contribution is -0.146. The first-order chi connectivity index (χ1) is 15.9. The SMILES string of the molecule is C=C1CC2COC(=O)C2(Cc2ccc(C(=O)N(C)CCc3ccc(OC)c(OC)c3)cc2)C1. The van der Waals surface area contributed by atoms with E-state index in [-0.39, 0.29) is 17.8 Å². The van der Waals surface area contributed by atoms with Crippen molar-refractivity contribution in [3.63, 3.8) is 0 Å². The number of amides is 1. The Morgan fingerprint density at radius 1 is 1.12 bits per heavy atom. The monoisotopic (exact) mass is 449 g/mol. The molecule has 1 aliphatic heterocycles. The van der Waals surface area contributed by atoms with E-state index in [1.54, 1.807) is 26.2 Å². The summed E-state index contributed by atoms with van der Waals surface area (Å²) in [5.41, 5.74) is 3.38. The number of hydrogen-bond donors (Lipinski definition) is 0. The van der Waals surface area contributed by atoms with Crippen LogP contribution in [0.4, 0.5) is 0 Å². The summed E-state index contributed by atoms with van der Waals surface area (Å²) in [6.07, 6.45) is 2.87. The third-order valence-corrected chi connectivity index (χ3v) is 6.96. The fourth-order valence-electron chi connectivity index (χ4n) is 5.05. The van der Waals surface area contributed by atoms with Crippen LogP contribution in [-0.2, 0) is 22.4 Å². The van der Waals surface area contributed by atoms with Gasteiger partial charge in [0.1, 0.15) is 0 Å². The van der Waals surface area contributed by atoms with E-state index in [0.717, 1.165) is 23.1 Å². The molecule has 1 saturated carbocycles. The quantitative estimate of drug-likeness (QED) is 0.449. The topological polar surface area (TPSA) is 65.1 Å². The Kier molecular flexibility index (Phi) is 6.45. The average Bonchev–Trinajstić information content (AvgIpc) is 3.30. The maximum Gasteiger partial charge on any atom is 0.313 e. The molecule has 4 rings (SSSR count). The molecule has 174 valence electrons. The van der Waals surface area contributed by atoms with Crippen molar-refractivity contribution in [1.82, 2.24) is 4.90 Å². The van der Waals surface area contributed by atoms with Crippen LogP contribution in [-0.4, -0.2) is 51.2 Å². The van der Waals surface area contributed by atoms with Gasteiger partial charge in [-0.25, -0.2) is 0 Å². The molecule has 2 fully saturated rings. The first-order valence-electron chi connectivity index (χ1n) is 11.3. The zero-order valence-electron chi connectivity index (χ0n) is 19.6. The number of methoxy groups -OCH3 is 2. The van der Waals surface area contributed by atoms with Gasteiger partial charge in [-0.3, -0.25) is 9.59 Å². The minimum absolute atomic E-state index is 0.0346. The summed E-state index contributed by atoms with van der Waals surface area (Å²) in [6.45, 7) is 5.16. The van der Waals surface area contributed by atoms with E-state index in [1.807, 2.05) is 42.5 Å². The number of cyclic esters (lactones) is 1. The molecule has 6 nitrogen and oxygen atoms in total. The molecule has 0 aromatic heterocycles. The summed E-state index contributed by atoms with van der Waals surface area (Å²) < 4.78 is 16.0. The van der Waals surface area contributed by atoms with Crippen LogP contribution in [0.15, 0.2) is 54.6 Å². The van der Waals surface area contributed by atoms with Crippen LogP contribution in [0.3, 0.4) is 0 Å². The zero-order chi connectivity index (χ0) is 23.6. The number of benzene rings is 2. The van der Waals surface area contributed by atoms with Gasteiger partial charge in [-0.2, -0.15) is 0 Å². The smallest absolute Gasteiger partial charge is 0.313 e. The molecule has 0 N–H and O–H groups in total. The van der Waals surface area contributed by atoms with E-state index in [1.165, 1.54) is 0 Å². The molecule has 2 atom stereocenters. The standard InChI is InChI=1S/C27H31NO5/c1-18-13-22-17-33-26(30)27(22,15-18)16-20-5-8-21(9-6-20)25(29)28(2)12-11-19-7-10-23(31-3)24(14-19)32-4/h5-10,14,22H,1,11-13,15-17H2,2-4H3. The highest BCUT2D eigenvalue weighted by Crippen LogP contribution is 2.52. The molecule has 2 unspecified atom stereocenters. The Bertz CT molecular complexity index is 1060. The minimum atomic E-state index is -0.487. The number of esters is 1. The number of ether oxygens (including phenoxy) is 3. The number of hydrogen-bond acceptors (Lipinski definition) is 5. The molecule has 1 amide bonds. The summed E-state index contributed by atoms with van der Waals surface area (Å²) >= 11 is 0. The maximum atomic E-state index is 12.9. The van der Waals surface area contributed by atoms with E-state index in [9.17, 15) is 9.59 Å². The Morgan fingerprint density at radius 3 is 2.52 bits per heavy atom. The highest BCUT2D eigenvalue weighted by molar-refractivity contribution is 5.94. The molecule has 6 heteroatoms. The van der Waals surface area contributed by atoms with Gasteiger partial charge < -0.3 is 19.1 Å². The van der Waals surface area contributed by atoms with Crippen LogP contribution >= 0.6 is 0 Å². The van der Waals surface area contributed by atoms with E-state index in [2.05, 4.69) is 6.58 Å². The van der Waals surface area contributed by atoms with Gasteiger partial charge in [0.2, 0.25) is 0 Å². The van der Waals surface area contributed by atoms with E-state index < -0.39 is 5.41 Å². The predicted octanol–water partition coefficient (Wildman–Crippen LogP) is 4.07. The van der Waals surface area contributed by atoms with Gasteiger partial charge in [0.25, 0.3) is 5.91 Å². The van der Waals surface area contributed by atoms with E-state index in [0.29, 0.717) is 49.5 Å². The third kappa shape index (κ3) is 4.47. The van der Waals surface area contributed by atoms with Crippen LogP contribution in [0.1, 0.15) is 34.3 Å². The summed E-state index contributed by atoms with van der Waals surface area (Å²) in [6, 6.07) is 13.4. The summed E-state index contributed by atoms with van der Waals surface area (Å²) in [7, 11) is 5.02. The normalized spacial score (nSPS) is 21.5. The van der Waals surface area contributed by atoms with Crippen molar-refractivity contribution >= 4 is 11.9 Å². The van der Waals surface area contributed by atoms with Crippen molar-refractivity contribution in [2.24, 2.45) is 11.3 Å². The fourth-order valence-corrected chi connectivity index (χ4v) is 5.05. The molecule has 2 aliphatic rings. The minimum Gasteiger partial charge on any atom is -0.493 e. The number of carbonyl (C=O) groups excluding carboxylic acids is 2. The molecular weight excluding hydrogens is 418 g/mol. The second-order valence-corrected chi connectivity index (χ2v) is 9.12. The van der Waals surface area contributed by atoms with E-state index in [4.69, 9.17) is 14.2 Å². The number of fused-ring (bicyclic) bond motifs is 1. The Balaban J connectivity index is 1.38. The van der Waals surface area contributed by atoms with Gasteiger partial charge >= 0.3 is 5.97 Å². The van der Waals surface area contributed by atoms with Gasteiger partial charge in [-0.1, -0.05) is 30.4 Å². The maximum absolute atomic E-state index is 12.9. The highest BCUT2D eigenvalue weighted by Gasteiger charge is 2.55. The van der Waals surface area contributed by atoms with Crippen molar-refractivity contribution in [3.05, 3.63) is 71.3 Å². The molecule has 33 heavy (non-hydrogen) atoms. The third-order valence-electron chi connectivity index (χ3n) is 6.96. The zero-order valence-corrected chi connectivity index (χ0v) is 19.6. The summed E-state index contributed by atoms with van der Waals surface area (Å²) in [5, 5.41) is 0. The van der Waals surface area contributed by atoms with Gasteiger partial charge in [-0.15, -0.1) is 0 Å². The Labute approximate surface area is 195 Å². The van der Waals surface area contributed by atoms with Gasteiger partial charge in [-0.05, 0) is 61.1 Å². The van der Waals surface area contributed by atoms with Gasteiger partial charge in [0.05, 0.1) is 26.2 Å². The lowest BCUT2D eigenvalue weighted by Crippen LogP contribution is -2.31. The molecule has 0 radical (unpaired) electrons. The lowest BCUT2D eigenvalue weighted by Gasteiger charge is -2.24. The Morgan fingerprint density at radius 2 is 1.82 bits per heavy atom. The van der Waals surface area contributed by atoms with Crippen molar-refractivity contribution in [2.45, 2.75) is 25.7 Å². The van der Waals surface area contributed by atoms with Gasteiger partial charge in [0.15, 0.2) is 11.5 Å². The van der Waals surface area contributed by atoms with Crippen molar-refractivity contribution in [2.75, 3.05) is 34.4 Å². The average molecular weight is 450 g/mol. The largest absolute Gasteiger partial charge is 0.493 e. The fraction of sp³-hybridized carbons (Fsp3) is 0.407. The van der Waals surface area contributed by atoms with Crippen LogP contribution < -0.4 is 9.47 Å².